The predicted octanol–water partition coefficient (Wildman–Crippen LogP) is 1.29. The van der Waals surface area contributed by atoms with Crippen LogP contribution in [0.5, 0.6) is 5.75 Å². The van der Waals surface area contributed by atoms with Crippen molar-refractivity contribution in [1.82, 2.24) is 4.98 Å². The molecule has 2 heterocycles. The lowest BCUT2D eigenvalue weighted by atomic mass is 9.84. The van der Waals surface area contributed by atoms with Crippen molar-refractivity contribution in [2.24, 2.45) is 0 Å². The number of pyridine rings is 1. The van der Waals surface area contributed by atoms with Crippen LogP contribution in [0.4, 0.5) is 5.69 Å². The average molecular weight is 354 g/mol. The van der Waals surface area contributed by atoms with Crippen molar-refractivity contribution in [3.63, 3.8) is 0 Å². The standard InChI is InChI=1S/C15H23BN2O5S/c1-14(2)15(3,4)23-16(22-14)13-8-12(21-10-6-7-10)11(9-17-13)18-24(5,19)20/h8-10,18H,6-7H2,1-5H3. The topological polar surface area (TPSA) is 86.8 Å². The van der Waals surface area contributed by atoms with E-state index in [1.807, 2.05) is 27.7 Å². The first kappa shape index (κ1) is 17.5. The fourth-order valence-corrected chi connectivity index (χ4v) is 2.84. The quantitative estimate of drug-likeness (QED) is 0.802. The lowest BCUT2D eigenvalue weighted by molar-refractivity contribution is 0.00578. The highest BCUT2D eigenvalue weighted by Crippen LogP contribution is 2.37. The van der Waals surface area contributed by atoms with Gasteiger partial charge in [-0.3, -0.25) is 9.71 Å². The molecular formula is C15H23BN2O5S. The Labute approximate surface area is 143 Å². The Bertz CT molecular complexity index is 730. The van der Waals surface area contributed by atoms with Gasteiger partial charge in [-0.2, -0.15) is 0 Å². The van der Waals surface area contributed by atoms with Gasteiger partial charge in [-0.1, -0.05) is 0 Å². The highest BCUT2D eigenvalue weighted by Gasteiger charge is 2.52. The van der Waals surface area contributed by atoms with Gasteiger partial charge in [-0.05, 0) is 40.5 Å². The fourth-order valence-electron chi connectivity index (χ4n) is 2.28. The van der Waals surface area contributed by atoms with Crippen LogP contribution >= 0.6 is 0 Å². The number of nitrogens with one attached hydrogen (secondary N) is 1. The molecule has 1 saturated heterocycles. The van der Waals surface area contributed by atoms with E-state index in [1.165, 1.54) is 6.20 Å². The van der Waals surface area contributed by atoms with E-state index in [4.69, 9.17) is 14.0 Å². The Morgan fingerprint density at radius 1 is 1.25 bits per heavy atom. The molecule has 0 spiro atoms. The van der Waals surface area contributed by atoms with E-state index < -0.39 is 28.3 Å². The molecule has 0 radical (unpaired) electrons. The summed E-state index contributed by atoms with van der Waals surface area (Å²) in [7, 11) is -4.04. The monoisotopic (exact) mass is 354 g/mol. The first-order chi connectivity index (χ1) is 11.0. The van der Waals surface area contributed by atoms with Crippen LogP contribution in [0.25, 0.3) is 0 Å². The molecule has 0 aromatic carbocycles. The Kier molecular flexibility index (Phi) is 4.09. The van der Waals surface area contributed by atoms with Crippen LogP contribution in [0.3, 0.4) is 0 Å². The third kappa shape index (κ3) is 3.68. The smallest absolute Gasteiger partial charge is 0.488 e. The zero-order valence-electron chi connectivity index (χ0n) is 14.6. The molecule has 7 nitrogen and oxygen atoms in total. The van der Waals surface area contributed by atoms with E-state index in [9.17, 15) is 8.42 Å². The Morgan fingerprint density at radius 3 is 2.33 bits per heavy atom. The van der Waals surface area contributed by atoms with Crippen molar-refractivity contribution in [2.45, 2.75) is 57.8 Å². The minimum atomic E-state index is -3.42. The van der Waals surface area contributed by atoms with Gasteiger partial charge in [-0.25, -0.2) is 8.42 Å². The summed E-state index contributed by atoms with van der Waals surface area (Å²) in [6.07, 6.45) is 4.59. The summed E-state index contributed by atoms with van der Waals surface area (Å²) in [4.78, 5) is 4.31. The SMILES string of the molecule is CC1(C)OB(c2cc(OC3CC3)c(NS(C)(=O)=O)cn2)OC1(C)C. The van der Waals surface area contributed by atoms with E-state index in [0.29, 0.717) is 17.0 Å². The van der Waals surface area contributed by atoms with E-state index >= 15 is 0 Å². The number of hydrogen-bond acceptors (Lipinski definition) is 6. The molecule has 1 aliphatic carbocycles. The average Bonchev–Trinajstić information content (AvgIpc) is 3.18. The van der Waals surface area contributed by atoms with E-state index in [0.717, 1.165) is 19.1 Å². The van der Waals surface area contributed by atoms with Crippen LogP contribution in [0.1, 0.15) is 40.5 Å². The molecule has 1 N–H and O–H groups in total. The second-order valence-electron chi connectivity index (χ2n) is 7.39. The van der Waals surface area contributed by atoms with Crippen molar-refractivity contribution in [3.05, 3.63) is 12.3 Å². The maximum atomic E-state index is 11.5. The van der Waals surface area contributed by atoms with Crippen LogP contribution in [0.15, 0.2) is 12.3 Å². The van der Waals surface area contributed by atoms with Crippen molar-refractivity contribution >= 4 is 28.4 Å². The van der Waals surface area contributed by atoms with Gasteiger partial charge in [0.1, 0.15) is 11.4 Å². The number of anilines is 1. The molecule has 132 valence electrons. The second kappa shape index (κ2) is 5.61. The summed E-state index contributed by atoms with van der Waals surface area (Å²) >= 11 is 0. The highest BCUT2D eigenvalue weighted by atomic mass is 32.2. The van der Waals surface area contributed by atoms with Gasteiger partial charge in [0.25, 0.3) is 0 Å². The van der Waals surface area contributed by atoms with Crippen LogP contribution < -0.4 is 15.1 Å². The summed E-state index contributed by atoms with van der Waals surface area (Å²) in [5.41, 5.74) is -0.0610. The summed E-state index contributed by atoms with van der Waals surface area (Å²) in [6.45, 7) is 7.87. The normalized spacial score (nSPS) is 22.5. The largest absolute Gasteiger partial charge is 0.514 e. The fraction of sp³-hybridized carbons (Fsp3) is 0.667. The summed E-state index contributed by atoms with van der Waals surface area (Å²) in [6, 6.07) is 1.69. The molecule has 0 bridgehead atoms. The van der Waals surface area contributed by atoms with Gasteiger partial charge in [0.05, 0.1) is 35.4 Å². The van der Waals surface area contributed by atoms with Crippen LogP contribution in [0.2, 0.25) is 0 Å². The maximum absolute atomic E-state index is 11.5. The molecule has 1 aromatic heterocycles. The minimum absolute atomic E-state index is 0.124. The second-order valence-corrected chi connectivity index (χ2v) is 9.13. The van der Waals surface area contributed by atoms with Gasteiger partial charge in [0.15, 0.2) is 0 Å². The lowest BCUT2D eigenvalue weighted by Gasteiger charge is -2.32. The van der Waals surface area contributed by atoms with Crippen LogP contribution in [-0.2, 0) is 19.3 Å². The predicted molar refractivity (Wildman–Crippen MR) is 92.1 cm³/mol. The Hall–Kier alpha value is -1.32. The molecule has 9 heteroatoms. The third-order valence-electron chi connectivity index (χ3n) is 4.50. The van der Waals surface area contributed by atoms with Crippen LogP contribution in [-0.4, -0.2) is 44.1 Å². The zero-order valence-corrected chi connectivity index (χ0v) is 15.4. The van der Waals surface area contributed by atoms with Gasteiger partial charge < -0.3 is 14.0 Å². The summed E-state index contributed by atoms with van der Waals surface area (Å²) in [5.74, 6) is 0.447. The van der Waals surface area contributed by atoms with Gasteiger partial charge in [-0.15, -0.1) is 0 Å². The lowest BCUT2D eigenvalue weighted by Crippen LogP contribution is -2.41. The van der Waals surface area contributed by atoms with Crippen molar-refractivity contribution < 1.29 is 22.5 Å². The minimum Gasteiger partial charge on any atom is -0.488 e. The van der Waals surface area contributed by atoms with Gasteiger partial charge in [0.2, 0.25) is 10.0 Å². The van der Waals surface area contributed by atoms with Crippen molar-refractivity contribution in [1.29, 1.82) is 0 Å². The Balaban J connectivity index is 1.90. The molecule has 2 aliphatic rings. The maximum Gasteiger partial charge on any atom is 0.514 e. The van der Waals surface area contributed by atoms with Gasteiger partial charge >= 0.3 is 7.12 Å². The zero-order chi connectivity index (χ0) is 17.8. The number of sulfonamides is 1. The summed E-state index contributed by atoms with van der Waals surface area (Å²) < 4.78 is 43.3. The molecule has 0 amide bonds. The highest BCUT2D eigenvalue weighted by molar-refractivity contribution is 7.92. The van der Waals surface area contributed by atoms with Crippen molar-refractivity contribution in [2.75, 3.05) is 11.0 Å². The molecule has 2 fully saturated rings. The molecule has 1 aliphatic heterocycles. The summed E-state index contributed by atoms with van der Waals surface area (Å²) in [5, 5.41) is 0. The number of rotatable bonds is 5. The number of aromatic nitrogens is 1. The third-order valence-corrected chi connectivity index (χ3v) is 5.09. The molecule has 0 unspecified atom stereocenters. The molecule has 1 aromatic rings. The van der Waals surface area contributed by atoms with Crippen molar-refractivity contribution in [3.8, 4) is 5.75 Å². The Morgan fingerprint density at radius 2 is 1.83 bits per heavy atom. The van der Waals surface area contributed by atoms with Crippen LogP contribution in [0, 0.1) is 0 Å². The number of nitrogens with zero attached hydrogens (tertiary/aromatic N) is 1. The van der Waals surface area contributed by atoms with E-state index in [1.54, 1.807) is 6.07 Å². The van der Waals surface area contributed by atoms with E-state index in [2.05, 4.69) is 9.71 Å². The first-order valence-electron chi connectivity index (χ1n) is 7.97. The number of hydrogen-bond donors (Lipinski definition) is 1. The molecule has 0 atom stereocenters. The van der Waals surface area contributed by atoms with E-state index in [-0.39, 0.29) is 6.10 Å². The molecular weight excluding hydrogens is 331 g/mol. The number of ether oxygens (including phenoxy) is 1. The van der Waals surface area contributed by atoms with Gasteiger partial charge in [0, 0.05) is 6.07 Å². The first-order valence-corrected chi connectivity index (χ1v) is 9.86. The molecule has 24 heavy (non-hydrogen) atoms. The molecule has 3 rings (SSSR count). The molecule has 1 saturated carbocycles.